The molecule has 0 heterocycles. The largest absolute Gasteiger partial charge is 0.398 e. The van der Waals surface area contributed by atoms with Crippen LogP contribution in [-0.2, 0) is 16.6 Å². The van der Waals surface area contributed by atoms with Gasteiger partial charge in [0.25, 0.3) is 0 Å². The lowest BCUT2D eigenvalue weighted by Crippen LogP contribution is -2.23. The van der Waals surface area contributed by atoms with Crippen molar-refractivity contribution < 1.29 is 8.42 Å². The Labute approximate surface area is 136 Å². The molecule has 0 bridgehead atoms. The molecule has 0 aliphatic carbocycles. The minimum atomic E-state index is -3.62. The van der Waals surface area contributed by atoms with Crippen LogP contribution in [0.5, 0.6) is 0 Å². The lowest BCUT2D eigenvalue weighted by molar-refractivity contribution is 0.582. The number of rotatable bonds is 4. The molecule has 0 spiro atoms. The zero-order valence-corrected chi connectivity index (χ0v) is 13.6. The molecule has 3 aromatic carbocycles. The van der Waals surface area contributed by atoms with Crippen LogP contribution in [0.2, 0.25) is 0 Å². The van der Waals surface area contributed by atoms with Gasteiger partial charge in [-0.2, -0.15) is 0 Å². The Balaban J connectivity index is 1.94. The average molecular weight is 326 g/mol. The summed E-state index contributed by atoms with van der Waals surface area (Å²) in [6.07, 6.45) is 0. The predicted octanol–water partition coefficient (Wildman–Crippen LogP) is 3.21. The van der Waals surface area contributed by atoms with E-state index in [2.05, 4.69) is 4.72 Å². The summed E-state index contributed by atoms with van der Waals surface area (Å²) in [5.41, 5.74) is 8.56. The second-order valence-electron chi connectivity index (χ2n) is 5.51. The van der Waals surface area contributed by atoms with E-state index < -0.39 is 10.0 Å². The number of fused-ring (bicyclic) bond motifs is 1. The number of hydrogen-bond donors (Lipinski definition) is 2. The summed E-state index contributed by atoms with van der Waals surface area (Å²) in [5, 5.41) is 1.37. The number of nitrogen functional groups attached to an aromatic ring is 1. The number of aryl methyl sites for hydroxylation is 1. The second-order valence-corrected chi connectivity index (χ2v) is 7.24. The van der Waals surface area contributed by atoms with Crippen molar-refractivity contribution in [3.8, 4) is 0 Å². The van der Waals surface area contributed by atoms with Crippen molar-refractivity contribution in [3.63, 3.8) is 0 Å². The maximum atomic E-state index is 12.6. The number of sulfonamides is 1. The molecule has 0 saturated heterocycles. The van der Waals surface area contributed by atoms with Crippen LogP contribution in [0.3, 0.4) is 0 Å². The third-order valence-corrected chi connectivity index (χ3v) is 5.25. The summed E-state index contributed by atoms with van der Waals surface area (Å²) in [6, 6.07) is 18.2. The van der Waals surface area contributed by atoms with Gasteiger partial charge in [0, 0.05) is 23.0 Å². The Bertz CT molecular complexity index is 948. The minimum absolute atomic E-state index is 0.245. The van der Waals surface area contributed by atoms with Gasteiger partial charge in [-0.05, 0) is 24.6 Å². The molecule has 0 amide bonds. The van der Waals surface area contributed by atoms with Crippen LogP contribution >= 0.6 is 0 Å². The first kappa shape index (κ1) is 15.5. The van der Waals surface area contributed by atoms with Crippen LogP contribution in [0.25, 0.3) is 10.8 Å². The number of nitrogens with two attached hydrogens (primary N) is 1. The molecule has 0 saturated carbocycles. The Kier molecular flexibility index (Phi) is 4.07. The number of nitrogens with one attached hydrogen (secondary N) is 1. The van der Waals surface area contributed by atoms with E-state index >= 15 is 0 Å². The molecule has 0 fully saturated rings. The molecule has 4 nitrogen and oxygen atoms in total. The standard InChI is InChI=1S/C18H18N2O2S/c1-13-8-10-14(11-9-13)12-20-23(21,22)18-7-3-4-15-16(18)5-2-6-17(15)19/h2-11,20H,12,19H2,1H3. The molecule has 0 aromatic heterocycles. The summed E-state index contributed by atoms with van der Waals surface area (Å²) in [5.74, 6) is 0. The molecule has 3 rings (SSSR count). The third kappa shape index (κ3) is 3.21. The number of benzene rings is 3. The van der Waals surface area contributed by atoms with Crippen LogP contribution in [0.4, 0.5) is 5.69 Å². The average Bonchev–Trinajstić information content (AvgIpc) is 2.54. The van der Waals surface area contributed by atoms with Gasteiger partial charge >= 0.3 is 0 Å². The fraction of sp³-hybridized carbons (Fsp3) is 0.111. The highest BCUT2D eigenvalue weighted by Gasteiger charge is 2.17. The molecule has 5 heteroatoms. The zero-order valence-electron chi connectivity index (χ0n) is 12.8. The summed E-state index contributed by atoms with van der Waals surface area (Å²) in [6.45, 7) is 2.25. The van der Waals surface area contributed by atoms with Crippen molar-refractivity contribution in [1.29, 1.82) is 0 Å². The number of anilines is 1. The first-order valence-electron chi connectivity index (χ1n) is 7.30. The van der Waals surface area contributed by atoms with Crippen LogP contribution in [0.15, 0.2) is 65.6 Å². The quantitative estimate of drug-likeness (QED) is 0.723. The summed E-state index contributed by atoms with van der Waals surface area (Å²) in [4.78, 5) is 0.245. The van der Waals surface area contributed by atoms with Gasteiger partial charge in [-0.1, -0.05) is 54.1 Å². The van der Waals surface area contributed by atoms with Gasteiger partial charge in [0.05, 0.1) is 4.90 Å². The van der Waals surface area contributed by atoms with Crippen molar-refractivity contribution in [3.05, 3.63) is 71.8 Å². The van der Waals surface area contributed by atoms with Crippen molar-refractivity contribution in [1.82, 2.24) is 4.72 Å². The molecule has 0 aliphatic rings. The van der Waals surface area contributed by atoms with Crippen LogP contribution < -0.4 is 10.5 Å². The minimum Gasteiger partial charge on any atom is -0.398 e. The molecule has 0 atom stereocenters. The van der Waals surface area contributed by atoms with Crippen LogP contribution in [-0.4, -0.2) is 8.42 Å². The molecule has 0 unspecified atom stereocenters. The van der Waals surface area contributed by atoms with Crippen LogP contribution in [0, 0.1) is 6.92 Å². The Morgan fingerprint density at radius 1 is 0.913 bits per heavy atom. The molecular formula is C18H18N2O2S. The SMILES string of the molecule is Cc1ccc(CNS(=O)(=O)c2cccc3c(N)cccc23)cc1. The van der Waals surface area contributed by atoms with Gasteiger partial charge in [-0.15, -0.1) is 0 Å². The van der Waals surface area contributed by atoms with E-state index in [0.29, 0.717) is 11.1 Å². The summed E-state index contributed by atoms with van der Waals surface area (Å²) in [7, 11) is -3.62. The van der Waals surface area contributed by atoms with E-state index in [-0.39, 0.29) is 11.4 Å². The smallest absolute Gasteiger partial charge is 0.241 e. The zero-order chi connectivity index (χ0) is 16.4. The van der Waals surface area contributed by atoms with Gasteiger partial charge < -0.3 is 5.73 Å². The highest BCUT2D eigenvalue weighted by molar-refractivity contribution is 7.89. The van der Waals surface area contributed by atoms with E-state index in [1.807, 2.05) is 37.3 Å². The van der Waals surface area contributed by atoms with Crippen molar-refractivity contribution >= 4 is 26.5 Å². The summed E-state index contributed by atoms with van der Waals surface area (Å²) < 4.78 is 27.9. The third-order valence-electron chi connectivity index (χ3n) is 3.79. The van der Waals surface area contributed by atoms with E-state index in [0.717, 1.165) is 16.5 Å². The van der Waals surface area contributed by atoms with Gasteiger partial charge in [-0.25, -0.2) is 13.1 Å². The Morgan fingerprint density at radius 3 is 2.30 bits per heavy atom. The highest BCUT2D eigenvalue weighted by Crippen LogP contribution is 2.27. The molecular weight excluding hydrogens is 308 g/mol. The molecule has 118 valence electrons. The van der Waals surface area contributed by atoms with Gasteiger partial charge in [0.15, 0.2) is 0 Å². The van der Waals surface area contributed by atoms with Gasteiger partial charge in [0.2, 0.25) is 10.0 Å². The van der Waals surface area contributed by atoms with Gasteiger partial charge in [0.1, 0.15) is 0 Å². The van der Waals surface area contributed by atoms with Crippen molar-refractivity contribution in [2.24, 2.45) is 0 Å². The first-order chi connectivity index (χ1) is 11.0. The molecule has 23 heavy (non-hydrogen) atoms. The van der Waals surface area contributed by atoms with Crippen LogP contribution in [0.1, 0.15) is 11.1 Å². The van der Waals surface area contributed by atoms with Crippen molar-refractivity contribution in [2.45, 2.75) is 18.4 Å². The van der Waals surface area contributed by atoms with Gasteiger partial charge in [-0.3, -0.25) is 0 Å². The fourth-order valence-corrected chi connectivity index (χ4v) is 3.74. The van der Waals surface area contributed by atoms with Crippen molar-refractivity contribution in [2.75, 3.05) is 5.73 Å². The normalized spacial score (nSPS) is 11.7. The fourth-order valence-electron chi connectivity index (χ4n) is 2.50. The van der Waals surface area contributed by atoms with E-state index in [4.69, 9.17) is 5.73 Å². The monoisotopic (exact) mass is 326 g/mol. The lowest BCUT2D eigenvalue weighted by Gasteiger charge is -2.11. The topological polar surface area (TPSA) is 72.2 Å². The molecule has 0 aliphatic heterocycles. The number of hydrogen-bond acceptors (Lipinski definition) is 3. The first-order valence-corrected chi connectivity index (χ1v) is 8.78. The second kappa shape index (κ2) is 6.02. The Hall–Kier alpha value is -2.37. The maximum absolute atomic E-state index is 12.6. The maximum Gasteiger partial charge on any atom is 0.241 e. The van der Waals surface area contributed by atoms with E-state index in [1.54, 1.807) is 30.3 Å². The lowest BCUT2D eigenvalue weighted by atomic mass is 10.1. The van der Waals surface area contributed by atoms with E-state index in [1.165, 1.54) is 0 Å². The van der Waals surface area contributed by atoms with E-state index in [9.17, 15) is 8.42 Å². The summed E-state index contributed by atoms with van der Waals surface area (Å²) >= 11 is 0. The molecule has 3 N–H and O–H groups in total. The Morgan fingerprint density at radius 2 is 1.57 bits per heavy atom. The predicted molar refractivity (Wildman–Crippen MR) is 93.6 cm³/mol. The highest BCUT2D eigenvalue weighted by atomic mass is 32.2. The molecule has 0 radical (unpaired) electrons. The molecule has 3 aromatic rings.